The monoisotopic (exact) mass is 357 g/mol. The number of carboxylic acid groups (broad SMARTS) is 1. The van der Waals surface area contributed by atoms with E-state index >= 15 is 0 Å². The normalized spacial score (nSPS) is 13.8. The maximum atomic E-state index is 11.9. The van der Waals surface area contributed by atoms with Gasteiger partial charge in [-0.2, -0.15) is 0 Å². The number of carboxylic acids is 1. The fourth-order valence-corrected chi connectivity index (χ4v) is 3.15. The highest BCUT2D eigenvalue weighted by atomic mass is 16.8. The van der Waals surface area contributed by atoms with E-state index < -0.39 is 24.8 Å². The largest absolute Gasteiger partial charge is 0.527 e. The minimum Gasteiger partial charge on any atom is -0.480 e. The number of likely N-dealkylation sites (N-methyl/N-ethyl adjacent to an activating group) is 1. The van der Waals surface area contributed by atoms with Crippen LogP contribution in [0.25, 0.3) is 11.1 Å². The number of rotatable bonds is 6. The van der Waals surface area contributed by atoms with Gasteiger partial charge in [0.2, 0.25) is 0 Å². The quantitative estimate of drug-likeness (QED) is 0.604. The van der Waals surface area contributed by atoms with Crippen molar-refractivity contribution in [1.82, 2.24) is 5.06 Å². The molecular weight excluding hydrogens is 338 g/mol. The molecule has 0 spiro atoms. The molecular formula is C19H19NO6. The first-order valence-electron chi connectivity index (χ1n) is 8.12. The molecule has 0 aliphatic heterocycles. The topological polar surface area (TPSA) is 96.3 Å². The SMILES string of the molecule is CN(OC(=O)OCC1c2ccccc2-c2ccccc21)[C@@H](CO)C(=O)O. The smallest absolute Gasteiger partial charge is 0.480 e. The first-order valence-corrected chi connectivity index (χ1v) is 8.12. The summed E-state index contributed by atoms with van der Waals surface area (Å²) in [5, 5.41) is 18.8. The van der Waals surface area contributed by atoms with Crippen molar-refractivity contribution in [3.8, 4) is 11.1 Å². The molecule has 7 nitrogen and oxygen atoms in total. The van der Waals surface area contributed by atoms with Gasteiger partial charge in [0.15, 0.2) is 6.04 Å². The molecule has 136 valence electrons. The molecule has 7 heteroatoms. The van der Waals surface area contributed by atoms with Crippen LogP contribution in [-0.2, 0) is 14.4 Å². The number of benzene rings is 2. The van der Waals surface area contributed by atoms with E-state index in [1.807, 2.05) is 48.5 Å². The van der Waals surface area contributed by atoms with Crippen LogP contribution in [0.3, 0.4) is 0 Å². The first kappa shape index (κ1) is 17.9. The fourth-order valence-electron chi connectivity index (χ4n) is 3.15. The molecule has 2 aromatic rings. The highest BCUT2D eigenvalue weighted by Gasteiger charge is 2.30. The van der Waals surface area contributed by atoms with E-state index in [0.29, 0.717) is 0 Å². The number of aliphatic hydroxyl groups is 1. The van der Waals surface area contributed by atoms with E-state index in [1.54, 1.807) is 0 Å². The Balaban J connectivity index is 1.68. The molecule has 3 rings (SSSR count). The number of hydrogen-bond donors (Lipinski definition) is 2. The molecule has 0 amide bonds. The lowest BCUT2D eigenvalue weighted by Gasteiger charge is -2.21. The van der Waals surface area contributed by atoms with Crippen molar-refractivity contribution >= 4 is 12.1 Å². The number of hydroxylamine groups is 2. The Morgan fingerprint density at radius 1 is 1.08 bits per heavy atom. The van der Waals surface area contributed by atoms with Crippen LogP contribution in [0.4, 0.5) is 4.79 Å². The van der Waals surface area contributed by atoms with Gasteiger partial charge in [0, 0.05) is 13.0 Å². The molecule has 0 radical (unpaired) electrons. The Bertz CT molecular complexity index is 776. The molecule has 2 N–H and O–H groups in total. The van der Waals surface area contributed by atoms with Crippen LogP contribution in [0, 0.1) is 0 Å². The van der Waals surface area contributed by atoms with Gasteiger partial charge in [0.05, 0.1) is 6.61 Å². The van der Waals surface area contributed by atoms with Crippen LogP contribution in [0.5, 0.6) is 0 Å². The van der Waals surface area contributed by atoms with Crippen molar-refractivity contribution in [2.75, 3.05) is 20.3 Å². The van der Waals surface area contributed by atoms with Gasteiger partial charge in [0.25, 0.3) is 0 Å². The number of nitrogens with zero attached hydrogens (tertiary/aromatic N) is 1. The van der Waals surface area contributed by atoms with Crippen molar-refractivity contribution in [3.63, 3.8) is 0 Å². The van der Waals surface area contributed by atoms with E-state index in [2.05, 4.69) is 0 Å². The molecule has 1 aliphatic carbocycles. The number of fused-ring (bicyclic) bond motifs is 3. The van der Waals surface area contributed by atoms with E-state index in [4.69, 9.17) is 19.8 Å². The number of carbonyl (C=O) groups excluding carboxylic acids is 1. The number of aliphatic carboxylic acids is 1. The Morgan fingerprint density at radius 2 is 1.62 bits per heavy atom. The highest BCUT2D eigenvalue weighted by molar-refractivity contribution is 5.79. The Morgan fingerprint density at radius 3 is 2.12 bits per heavy atom. The third-order valence-electron chi connectivity index (χ3n) is 4.45. The van der Waals surface area contributed by atoms with Gasteiger partial charge < -0.3 is 19.8 Å². The predicted molar refractivity (Wildman–Crippen MR) is 92.4 cm³/mol. The van der Waals surface area contributed by atoms with Crippen LogP contribution >= 0.6 is 0 Å². The molecule has 0 bridgehead atoms. The van der Waals surface area contributed by atoms with Crippen molar-refractivity contribution in [3.05, 3.63) is 59.7 Å². The minimum absolute atomic E-state index is 0.0670. The summed E-state index contributed by atoms with van der Waals surface area (Å²) in [5.41, 5.74) is 4.34. The summed E-state index contributed by atoms with van der Waals surface area (Å²) in [4.78, 5) is 27.7. The van der Waals surface area contributed by atoms with E-state index in [1.165, 1.54) is 7.05 Å². The molecule has 0 saturated heterocycles. The lowest BCUT2D eigenvalue weighted by atomic mass is 9.98. The molecule has 2 aromatic carbocycles. The number of aliphatic hydroxyl groups excluding tert-OH is 1. The van der Waals surface area contributed by atoms with Crippen molar-refractivity contribution in [2.24, 2.45) is 0 Å². The van der Waals surface area contributed by atoms with E-state index in [9.17, 15) is 9.59 Å². The first-order chi connectivity index (χ1) is 12.5. The van der Waals surface area contributed by atoms with E-state index in [-0.39, 0.29) is 12.5 Å². The Kier molecular flexibility index (Phi) is 5.20. The van der Waals surface area contributed by atoms with Crippen molar-refractivity contribution < 1.29 is 29.4 Å². The lowest BCUT2D eigenvalue weighted by molar-refractivity contribution is -0.174. The summed E-state index contributed by atoms with van der Waals surface area (Å²) in [6.45, 7) is -0.625. The number of carbonyl (C=O) groups is 2. The van der Waals surface area contributed by atoms with Gasteiger partial charge in [-0.3, -0.25) is 4.79 Å². The maximum absolute atomic E-state index is 11.9. The average molecular weight is 357 g/mol. The molecule has 0 unspecified atom stereocenters. The zero-order chi connectivity index (χ0) is 18.7. The second-order valence-electron chi connectivity index (χ2n) is 5.96. The van der Waals surface area contributed by atoms with E-state index in [0.717, 1.165) is 27.3 Å². The summed E-state index contributed by atoms with van der Waals surface area (Å²) in [6.07, 6.45) is -1.02. The van der Waals surface area contributed by atoms with Gasteiger partial charge in [-0.1, -0.05) is 48.5 Å². The average Bonchev–Trinajstić information content (AvgIpc) is 2.94. The Hall–Kier alpha value is -2.90. The summed E-state index contributed by atoms with van der Waals surface area (Å²) in [5.74, 6) is -1.42. The van der Waals surface area contributed by atoms with Gasteiger partial charge in [-0.05, 0) is 22.3 Å². The van der Waals surface area contributed by atoms with Gasteiger partial charge >= 0.3 is 12.1 Å². The molecule has 0 fully saturated rings. The number of ether oxygens (including phenoxy) is 1. The second-order valence-corrected chi connectivity index (χ2v) is 5.96. The standard InChI is InChI=1S/C19H19NO6/c1-20(17(10-21)18(22)23)26-19(24)25-11-16-14-8-4-2-6-12(14)13-7-3-5-9-15(13)16/h2-9,16-17,21H,10-11H2,1H3,(H,22,23)/t17-/m0/s1. The second kappa shape index (κ2) is 7.55. The Labute approximate surface area is 150 Å². The summed E-state index contributed by atoms with van der Waals surface area (Å²) in [6, 6.07) is 14.5. The van der Waals surface area contributed by atoms with Crippen LogP contribution in [0.15, 0.2) is 48.5 Å². The fraction of sp³-hybridized carbons (Fsp3) is 0.263. The highest BCUT2D eigenvalue weighted by Crippen LogP contribution is 2.44. The van der Waals surface area contributed by atoms with Crippen LogP contribution in [0.2, 0.25) is 0 Å². The molecule has 0 heterocycles. The molecule has 1 atom stereocenters. The third-order valence-corrected chi connectivity index (χ3v) is 4.45. The van der Waals surface area contributed by atoms with Gasteiger partial charge in [-0.25, -0.2) is 4.79 Å². The van der Waals surface area contributed by atoms with Gasteiger partial charge in [0.1, 0.15) is 6.61 Å². The molecule has 26 heavy (non-hydrogen) atoms. The zero-order valence-corrected chi connectivity index (χ0v) is 14.2. The van der Waals surface area contributed by atoms with Crippen LogP contribution in [-0.4, -0.2) is 53.7 Å². The predicted octanol–water partition coefficient (Wildman–Crippen LogP) is 2.24. The number of hydrogen-bond acceptors (Lipinski definition) is 6. The summed E-state index contributed by atoms with van der Waals surface area (Å²) in [7, 11) is 1.25. The molecule has 1 aliphatic rings. The van der Waals surface area contributed by atoms with Crippen LogP contribution in [0.1, 0.15) is 17.0 Å². The lowest BCUT2D eigenvalue weighted by Crippen LogP contribution is -2.42. The third kappa shape index (κ3) is 3.40. The molecule has 0 aromatic heterocycles. The molecule has 0 saturated carbocycles. The minimum atomic E-state index is -1.35. The summed E-state index contributed by atoms with van der Waals surface area (Å²) < 4.78 is 5.21. The van der Waals surface area contributed by atoms with Crippen LogP contribution < -0.4 is 0 Å². The van der Waals surface area contributed by atoms with Crippen molar-refractivity contribution in [1.29, 1.82) is 0 Å². The van der Waals surface area contributed by atoms with Crippen molar-refractivity contribution in [2.45, 2.75) is 12.0 Å². The zero-order valence-electron chi connectivity index (χ0n) is 14.2. The maximum Gasteiger partial charge on any atom is 0.527 e. The van der Waals surface area contributed by atoms with Gasteiger partial charge in [-0.15, -0.1) is 5.06 Å². The summed E-state index contributed by atoms with van der Waals surface area (Å²) >= 11 is 0.